The zero-order valence-corrected chi connectivity index (χ0v) is 6.84. The van der Waals surface area contributed by atoms with E-state index in [1.807, 2.05) is 13.8 Å². The van der Waals surface area contributed by atoms with Gasteiger partial charge in [0, 0.05) is 7.05 Å². The standard InChI is InChI=1S/C5H7NO2.C2H6/c1-4-3-8-6(2)5(4)7;1-2/h3H,1-2H3;1-2H3. The van der Waals surface area contributed by atoms with Gasteiger partial charge >= 0.3 is 0 Å². The summed E-state index contributed by atoms with van der Waals surface area (Å²) in [6, 6.07) is 0. The van der Waals surface area contributed by atoms with Crippen LogP contribution in [-0.2, 0) is 7.05 Å². The lowest BCUT2D eigenvalue weighted by atomic mass is 10.4. The van der Waals surface area contributed by atoms with Gasteiger partial charge in [-0.15, -0.1) is 0 Å². The van der Waals surface area contributed by atoms with Crippen molar-refractivity contribution in [2.75, 3.05) is 0 Å². The van der Waals surface area contributed by atoms with E-state index in [1.54, 1.807) is 14.0 Å². The number of hydrogen-bond acceptors (Lipinski definition) is 2. The van der Waals surface area contributed by atoms with Crippen molar-refractivity contribution >= 4 is 0 Å². The summed E-state index contributed by atoms with van der Waals surface area (Å²) in [5.41, 5.74) is 0.581. The summed E-state index contributed by atoms with van der Waals surface area (Å²) < 4.78 is 5.89. The van der Waals surface area contributed by atoms with Gasteiger partial charge in [0.05, 0.1) is 5.56 Å². The molecule has 1 heterocycles. The molecule has 0 aromatic carbocycles. The van der Waals surface area contributed by atoms with E-state index >= 15 is 0 Å². The van der Waals surface area contributed by atoms with E-state index in [1.165, 1.54) is 11.0 Å². The fourth-order valence-electron chi connectivity index (χ4n) is 0.505. The van der Waals surface area contributed by atoms with Gasteiger partial charge in [-0.05, 0) is 6.92 Å². The van der Waals surface area contributed by atoms with Crippen LogP contribution in [-0.4, -0.2) is 4.74 Å². The fraction of sp³-hybridized carbons (Fsp3) is 0.571. The fourth-order valence-corrected chi connectivity index (χ4v) is 0.505. The highest BCUT2D eigenvalue weighted by molar-refractivity contribution is 4.96. The summed E-state index contributed by atoms with van der Waals surface area (Å²) in [5.74, 6) is 0. The van der Waals surface area contributed by atoms with Crippen molar-refractivity contribution in [1.82, 2.24) is 4.74 Å². The zero-order valence-electron chi connectivity index (χ0n) is 6.84. The van der Waals surface area contributed by atoms with Gasteiger partial charge in [-0.2, -0.15) is 4.74 Å². The zero-order chi connectivity index (χ0) is 8.15. The highest BCUT2D eigenvalue weighted by Crippen LogP contribution is 1.84. The Hall–Kier alpha value is -0.990. The lowest BCUT2D eigenvalue weighted by molar-refractivity contribution is 0.297. The Morgan fingerprint density at radius 3 is 2.10 bits per heavy atom. The van der Waals surface area contributed by atoms with Gasteiger partial charge in [-0.3, -0.25) is 4.79 Å². The molecule has 1 aromatic heterocycles. The SMILES string of the molecule is CC.Cc1con(C)c1=O. The Morgan fingerprint density at radius 2 is 2.00 bits per heavy atom. The molecule has 0 aliphatic heterocycles. The molecular formula is C7H13NO2. The minimum Gasteiger partial charge on any atom is -0.384 e. The maximum absolute atomic E-state index is 10.6. The summed E-state index contributed by atoms with van der Waals surface area (Å²) in [4.78, 5) is 10.6. The molecule has 0 aliphatic carbocycles. The molecule has 0 atom stereocenters. The van der Waals surface area contributed by atoms with Gasteiger partial charge in [-0.25, -0.2) is 0 Å². The van der Waals surface area contributed by atoms with Crippen molar-refractivity contribution in [3.05, 3.63) is 22.2 Å². The molecule has 0 unspecified atom stereocenters. The second-order valence-electron chi connectivity index (χ2n) is 1.71. The Balaban J connectivity index is 0.000000371. The number of nitrogens with zero attached hydrogens (tertiary/aromatic N) is 1. The van der Waals surface area contributed by atoms with Gasteiger partial charge in [0.1, 0.15) is 6.26 Å². The monoisotopic (exact) mass is 143 g/mol. The van der Waals surface area contributed by atoms with Crippen molar-refractivity contribution in [2.24, 2.45) is 7.05 Å². The first-order valence-electron chi connectivity index (χ1n) is 3.33. The first-order chi connectivity index (χ1) is 4.72. The number of aromatic nitrogens is 1. The second kappa shape index (κ2) is 3.93. The molecule has 10 heavy (non-hydrogen) atoms. The molecule has 0 bridgehead atoms. The van der Waals surface area contributed by atoms with Crippen molar-refractivity contribution in [3.8, 4) is 0 Å². The topological polar surface area (TPSA) is 35.1 Å². The maximum Gasteiger partial charge on any atom is 0.285 e. The molecule has 0 spiro atoms. The molecule has 3 nitrogen and oxygen atoms in total. The van der Waals surface area contributed by atoms with Gasteiger partial charge in [0.25, 0.3) is 5.56 Å². The van der Waals surface area contributed by atoms with E-state index in [4.69, 9.17) is 4.52 Å². The number of hydrogen-bond donors (Lipinski definition) is 0. The highest BCUT2D eigenvalue weighted by Gasteiger charge is 1.95. The predicted octanol–water partition coefficient (Wildman–Crippen LogP) is 1.31. The smallest absolute Gasteiger partial charge is 0.285 e. The van der Waals surface area contributed by atoms with Crippen LogP contribution in [0.25, 0.3) is 0 Å². The van der Waals surface area contributed by atoms with E-state index in [-0.39, 0.29) is 5.56 Å². The van der Waals surface area contributed by atoms with Crippen LogP contribution in [0.2, 0.25) is 0 Å². The van der Waals surface area contributed by atoms with E-state index in [9.17, 15) is 4.79 Å². The quantitative estimate of drug-likeness (QED) is 0.549. The molecule has 58 valence electrons. The van der Waals surface area contributed by atoms with E-state index in [0.29, 0.717) is 5.56 Å². The van der Waals surface area contributed by atoms with Crippen LogP contribution in [0.5, 0.6) is 0 Å². The van der Waals surface area contributed by atoms with E-state index < -0.39 is 0 Å². The normalized spacial score (nSPS) is 8.40. The number of rotatable bonds is 0. The molecule has 0 amide bonds. The molecule has 0 saturated carbocycles. The van der Waals surface area contributed by atoms with Crippen LogP contribution in [0, 0.1) is 6.92 Å². The third kappa shape index (κ3) is 1.76. The van der Waals surface area contributed by atoms with Crippen LogP contribution in [0.4, 0.5) is 0 Å². The first-order valence-corrected chi connectivity index (χ1v) is 3.33. The summed E-state index contributed by atoms with van der Waals surface area (Å²) in [6.45, 7) is 5.71. The van der Waals surface area contributed by atoms with Gasteiger partial charge in [0.15, 0.2) is 0 Å². The van der Waals surface area contributed by atoms with Gasteiger partial charge < -0.3 is 4.52 Å². The molecule has 0 radical (unpaired) electrons. The Kier molecular flexibility index (Phi) is 3.54. The summed E-state index contributed by atoms with van der Waals surface area (Å²) in [6.07, 6.45) is 1.43. The average molecular weight is 143 g/mol. The summed E-state index contributed by atoms with van der Waals surface area (Å²) in [7, 11) is 1.58. The van der Waals surface area contributed by atoms with Gasteiger partial charge in [0.2, 0.25) is 0 Å². The van der Waals surface area contributed by atoms with Crippen molar-refractivity contribution in [2.45, 2.75) is 20.8 Å². The molecule has 1 aromatic rings. The van der Waals surface area contributed by atoms with Crippen molar-refractivity contribution < 1.29 is 4.52 Å². The largest absolute Gasteiger partial charge is 0.384 e. The molecule has 0 N–H and O–H groups in total. The van der Waals surface area contributed by atoms with Crippen LogP contribution in [0.1, 0.15) is 19.4 Å². The Labute approximate surface area is 60.2 Å². The van der Waals surface area contributed by atoms with Crippen LogP contribution in [0.3, 0.4) is 0 Å². The van der Waals surface area contributed by atoms with Crippen molar-refractivity contribution in [3.63, 3.8) is 0 Å². The second-order valence-corrected chi connectivity index (χ2v) is 1.71. The lowest BCUT2D eigenvalue weighted by Crippen LogP contribution is -2.10. The molecule has 0 saturated heterocycles. The summed E-state index contributed by atoms with van der Waals surface area (Å²) in [5, 5.41) is 0. The summed E-state index contributed by atoms with van der Waals surface area (Å²) >= 11 is 0. The van der Waals surface area contributed by atoms with E-state index in [2.05, 4.69) is 0 Å². The highest BCUT2D eigenvalue weighted by atomic mass is 16.5. The molecule has 0 aliphatic rings. The Bertz CT molecular complexity index is 211. The number of aryl methyl sites for hydroxylation is 2. The minimum absolute atomic E-state index is 0.0648. The van der Waals surface area contributed by atoms with Crippen LogP contribution < -0.4 is 5.56 Å². The van der Waals surface area contributed by atoms with Crippen LogP contribution in [0.15, 0.2) is 15.6 Å². The lowest BCUT2D eigenvalue weighted by Gasteiger charge is -1.78. The van der Waals surface area contributed by atoms with Crippen LogP contribution >= 0.6 is 0 Å². The van der Waals surface area contributed by atoms with E-state index in [0.717, 1.165) is 0 Å². The predicted molar refractivity (Wildman–Crippen MR) is 40.0 cm³/mol. The third-order valence-electron chi connectivity index (χ3n) is 1.01. The third-order valence-corrected chi connectivity index (χ3v) is 1.01. The van der Waals surface area contributed by atoms with Gasteiger partial charge in [-0.1, -0.05) is 13.8 Å². The molecule has 1 rings (SSSR count). The molecule has 3 heteroatoms. The molecular weight excluding hydrogens is 130 g/mol. The minimum atomic E-state index is -0.0648. The first kappa shape index (κ1) is 9.01. The Morgan fingerprint density at radius 1 is 1.50 bits per heavy atom. The average Bonchev–Trinajstić information content (AvgIpc) is 2.25. The van der Waals surface area contributed by atoms with Crippen molar-refractivity contribution in [1.29, 1.82) is 0 Å². The maximum atomic E-state index is 10.6. The molecule has 0 fully saturated rings.